The van der Waals surface area contributed by atoms with Crippen LogP contribution in [-0.4, -0.2) is 33.9 Å². The van der Waals surface area contributed by atoms with Crippen molar-refractivity contribution < 1.29 is 9.59 Å². The van der Waals surface area contributed by atoms with E-state index in [0.717, 1.165) is 10.9 Å². The molecule has 20 heavy (non-hydrogen) atoms. The van der Waals surface area contributed by atoms with Crippen LogP contribution < -0.4 is 10.6 Å². The molecule has 3 rings (SSSR count). The molecule has 0 aliphatic carbocycles. The number of rotatable bonds is 2. The Labute approximate surface area is 116 Å². The summed E-state index contributed by atoms with van der Waals surface area (Å²) in [7, 11) is 0. The minimum Gasteiger partial charge on any atom is -0.361 e. The predicted molar refractivity (Wildman–Crippen MR) is 74.2 cm³/mol. The molecule has 104 valence electrons. The number of nitrogens with zero attached hydrogens (tertiary/aromatic N) is 1. The van der Waals surface area contributed by atoms with Gasteiger partial charge in [-0.3, -0.25) is 14.6 Å². The summed E-state index contributed by atoms with van der Waals surface area (Å²) in [5, 5.41) is 6.60. The Hall–Kier alpha value is -2.37. The summed E-state index contributed by atoms with van der Waals surface area (Å²) in [4.78, 5) is 30.8. The molecule has 1 saturated heterocycles. The highest BCUT2D eigenvalue weighted by Gasteiger charge is 2.27. The van der Waals surface area contributed by atoms with Crippen LogP contribution in [0.25, 0.3) is 10.9 Å². The van der Waals surface area contributed by atoms with Crippen LogP contribution in [0.15, 0.2) is 24.5 Å². The Morgan fingerprint density at radius 1 is 1.45 bits per heavy atom. The van der Waals surface area contributed by atoms with Gasteiger partial charge in [-0.1, -0.05) is 0 Å². The van der Waals surface area contributed by atoms with Gasteiger partial charge in [-0.2, -0.15) is 0 Å². The topological polar surface area (TPSA) is 86.9 Å². The van der Waals surface area contributed by atoms with Crippen LogP contribution in [0.3, 0.4) is 0 Å². The molecule has 2 atom stereocenters. The number of fused-ring (bicyclic) bond motifs is 1. The molecule has 3 N–H and O–H groups in total. The van der Waals surface area contributed by atoms with Crippen molar-refractivity contribution in [1.82, 2.24) is 20.6 Å². The van der Waals surface area contributed by atoms with Gasteiger partial charge in [0.25, 0.3) is 5.91 Å². The summed E-state index contributed by atoms with van der Waals surface area (Å²) < 4.78 is 0. The van der Waals surface area contributed by atoms with Crippen LogP contribution in [0.4, 0.5) is 0 Å². The van der Waals surface area contributed by atoms with Gasteiger partial charge < -0.3 is 15.6 Å². The number of pyridine rings is 1. The van der Waals surface area contributed by atoms with E-state index in [-0.39, 0.29) is 23.9 Å². The van der Waals surface area contributed by atoms with E-state index in [0.29, 0.717) is 18.5 Å². The van der Waals surface area contributed by atoms with Crippen molar-refractivity contribution in [3.8, 4) is 0 Å². The van der Waals surface area contributed by atoms with Crippen molar-refractivity contribution in [3.63, 3.8) is 0 Å². The normalized spacial score (nSPS) is 22.6. The summed E-state index contributed by atoms with van der Waals surface area (Å²) in [6, 6.07) is 3.54. The van der Waals surface area contributed by atoms with Gasteiger partial charge in [0, 0.05) is 41.8 Å². The van der Waals surface area contributed by atoms with Gasteiger partial charge in [0.05, 0.1) is 0 Å². The highest BCUT2D eigenvalue weighted by Crippen LogP contribution is 2.16. The number of carbonyl (C=O) groups is 2. The smallest absolute Gasteiger partial charge is 0.270 e. The van der Waals surface area contributed by atoms with E-state index in [9.17, 15) is 9.59 Å². The standard InChI is InChI=1S/C14H16N4O2/c1-8-10(2-3-12(19)17-8)18-14(20)13-9-4-6-15-11(9)5-7-16-13/h4-8,10,15H,2-3H2,1H3,(H,17,19)(H,18,20). The molecule has 6 heteroatoms. The zero-order chi connectivity index (χ0) is 14.1. The van der Waals surface area contributed by atoms with Crippen LogP contribution in [0.2, 0.25) is 0 Å². The molecule has 0 spiro atoms. The van der Waals surface area contributed by atoms with Crippen molar-refractivity contribution in [3.05, 3.63) is 30.2 Å². The molecule has 1 aliphatic rings. The number of amides is 2. The number of aromatic nitrogens is 2. The fraction of sp³-hybridized carbons (Fsp3) is 0.357. The lowest BCUT2D eigenvalue weighted by Crippen LogP contribution is -2.54. The molecule has 0 radical (unpaired) electrons. The Morgan fingerprint density at radius 3 is 3.10 bits per heavy atom. The first-order valence-electron chi connectivity index (χ1n) is 6.67. The van der Waals surface area contributed by atoms with Crippen molar-refractivity contribution in [2.75, 3.05) is 0 Å². The summed E-state index contributed by atoms with van der Waals surface area (Å²) in [5.74, 6) is -0.169. The van der Waals surface area contributed by atoms with Crippen LogP contribution in [0.5, 0.6) is 0 Å². The average molecular weight is 272 g/mol. The third kappa shape index (κ3) is 2.24. The first kappa shape index (κ1) is 12.7. The minimum absolute atomic E-state index is 0.0360. The Morgan fingerprint density at radius 2 is 2.30 bits per heavy atom. The van der Waals surface area contributed by atoms with E-state index in [2.05, 4.69) is 20.6 Å². The van der Waals surface area contributed by atoms with E-state index >= 15 is 0 Å². The van der Waals surface area contributed by atoms with E-state index in [1.165, 1.54) is 0 Å². The van der Waals surface area contributed by atoms with Crippen molar-refractivity contribution in [2.24, 2.45) is 0 Å². The predicted octanol–water partition coefficient (Wildman–Crippen LogP) is 0.960. The first-order valence-corrected chi connectivity index (χ1v) is 6.67. The number of carbonyl (C=O) groups excluding carboxylic acids is 2. The van der Waals surface area contributed by atoms with E-state index in [1.807, 2.05) is 19.1 Å². The average Bonchev–Trinajstić information content (AvgIpc) is 2.90. The zero-order valence-electron chi connectivity index (χ0n) is 11.1. The van der Waals surface area contributed by atoms with Crippen LogP contribution >= 0.6 is 0 Å². The second kappa shape index (κ2) is 4.96. The number of hydrogen-bond donors (Lipinski definition) is 3. The fourth-order valence-corrected chi connectivity index (χ4v) is 2.56. The van der Waals surface area contributed by atoms with Crippen LogP contribution in [-0.2, 0) is 4.79 Å². The SMILES string of the molecule is CC1NC(=O)CCC1NC(=O)c1nccc2[nH]ccc12. The lowest BCUT2D eigenvalue weighted by Gasteiger charge is -2.30. The van der Waals surface area contributed by atoms with Gasteiger partial charge in [-0.05, 0) is 25.5 Å². The van der Waals surface area contributed by atoms with Gasteiger partial charge in [0.1, 0.15) is 5.69 Å². The molecule has 3 heterocycles. The summed E-state index contributed by atoms with van der Waals surface area (Å²) in [5.41, 5.74) is 1.29. The van der Waals surface area contributed by atoms with E-state index in [4.69, 9.17) is 0 Å². The van der Waals surface area contributed by atoms with Crippen molar-refractivity contribution in [2.45, 2.75) is 31.8 Å². The van der Waals surface area contributed by atoms with Crippen LogP contribution in [0.1, 0.15) is 30.3 Å². The largest absolute Gasteiger partial charge is 0.361 e. The summed E-state index contributed by atoms with van der Waals surface area (Å²) in [6.07, 6.45) is 4.49. The third-order valence-electron chi connectivity index (χ3n) is 3.69. The Bertz CT molecular complexity index is 664. The number of nitrogens with one attached hydrogen (secondary N) is 3. The van der Waals surface area contributed by atoms with Gasteiger partial charge in [0.2, 0.25) is 5.91 Å². The molecule has 1 aliphatic heterocycles. The third-order valence-corrected chi connectivity index (χ3v) is 3.69. The second-order valence-corrected chi connectivity index (χ2v) is 5.07. The molecule has 0 aromatic carbocycles. The molecule has 2 aromatic rings. The van der Waals surface area contributed by atoms with E-state index < -0.39 is 0 Å². The molecule has 2 amide bonds. The number of aromatic amines is 1. The maximum atomic E-state index is 12.4. The Balaban J connectivity index is 1.79. The van der Waals surface area contributed by atoms with Gasteiger partial charge in [0.15, 0.2) is 0 Å². The first-order chi connectivity index (χ1) is 9.65. The number of H-pyrrole nitrogens is 1. The van der Waals surface area contributed by atoms with Crippen molar-refractivity contribution >= 4 is 22.7 Å². The number of hydrogen-bond acceptors (Lipinski definition) is 3. The number of piperidine rings is 1. The van der Waals surface area contributed by atoms with Gasteiger partial charge in [-0.15, -0.1) is 0 Å². The van der Waals surface area contributed by atoms with Crippen molar-refractivity contribution in [1.29, 1.82) is 0 Å². The quantitative estimate of drug-likeness (QED) is 0.761. The van der Waals surface area contributed by atoms with Crippen LogP contribution in [0, 0.1) is 0 Å². The second-order valence-electron chi connectivity index (χ2n) is 5.07. The monoisotopic (exact) mass is 272 g/mol. The molecule has 1 fully saturated rings. The highest BCUT2D eigenvalue weighted by molar-refractivity contribution is 6.04. The molecule has 2 unspecified atom stereocenters. The summed E-state index contributed by atoms with van der Waals surface area (Å²) >= 11 is 0. The zero-order valence-corrected chi connectivity index (χ0v) is 11.1. The highest BCUT2D eigenvalue weighted by atomic mass is 16.2. The molecule has 2 aromatic heterocycles. The fourth-order valence-electron chi connectivity index (χ4n) is 2.56. The lowest BCUT2D eigenvalue weighted by molar-refractivity contribution is -0.123. The lowest BCUT2D eigenvalue weighted by atomic mass is 9.99. The van der Waals surface area contributed by atoms with E-state index in [1.54, 1.807) is 12.4 Å². The molecular formula is C14H16N4O2. The molecule has 0 bridgehead atoms. The maximum absolute atomic E-state index is 12.4. The molecular weight excluding hydrogens is 256 g/mol. The molecule has 6 nitrogen and oxygen atoms in total. The van der Waals surface area contributed by atoms with Gasteiger partial charge >= 0.3 is 0 Å². The van der Waals surface area contributed by atoms with Gasteiger partial charge in [-0.25, -0.2) is 0 Å². The Kier molecular flexibility index (Phi) is 3.14. The maximum Gasteiger partial charge on any atom is 0.270 e. The molecule has 0 saturated carbocycles. The minimum atomic E-state index is -0.205. The summed E-state index contributed by atoms with van der Waals surface area (Å²) in [6.45, 7) is 1.90.